The average Bonchev–Trinajstić information content (AvgIpc) is 3.73. The van der Waals surface area contributed by atoms with Crippen LogP contribution in [0.3, 0.4) is 0 Å². The van der Waals surface area contributed by atoms with Crippen LogP contribution in [0.2, 0.25) is 0 Å². The smallest absolute Gasteiger partial charge is 0.135 e. The molecular weight excluding hydrogens is 464 g/mol. The molecule has 7 nitrogen and oxygen atoms in total. The highest BCUT2D eigenvalue weighted by molar-refractivity contribution is 6.02. The topological polar surface area (TPSA) is 80.4 Å². The molecule has 2 aliphatic rings. The number of benzene rings is 3. The highest BCUT2D eigenvalue weighted by Crippen LogP contribution is 2.30. The standard InChI is InChI=1S/C30H30N4O3/c1(16-35-25-10-8-21(9-11-25)29-31-12-13-32-29)2-17-36-26-5-3-4-22(18-26)27-19-23-6-7-24(20-28(23)37-27)30-33-14-15-34-30/h3-11,18-20H,1-2,12-17H2,(H,31,32)(H,33,34). The first-order valence-electron chi connectivity index (χ1n) is 12.9. The van der Waals surface area contributed by atoms with E-state index in [2.05, 4.69) is 38.8 Å². The fraction of sp³-hybridized carbons (Fsp3) is 0.267. The van der Waals surface area contributed by atoms with E-state index in [1.807, 2.05) is 54.6 Å². The number of amidine groups is 2. The van der Waals surface area contributed by atoms with Crippen LogP contribution < -0.4 is 20.1 Å². The molecule has 7 heteroatoms. The van der Waals surface area contributed by atoms with Crippen LogP contribution in [-0.2, 0) is 0 Å². The van der Waals surface area contributed by atoms with Crippen LogP contribution in [0.5, 0.6) is 11.5 Å². The van der Waals surface area contributed by atoms with Gasteiger partial charge < -0.3 is 24.5 Å². The molecule has 37 heavy (non-hydrogen) atoms. The van der Waals surface area contributed by atoms with Gasteiger partial charge in [0.1, 0.15) is 34.5 Å². The highest BCUT2D eigenvalue weighted by Gasteiger charge is 2.12. The summed E-state index contributed by atoms with van der Waals surface area (Å²) in [4.78, 5) is 8.95. The van der Waals surface area contributed by atoms with Gasteiger partial charge in [0.2, 0.25) is 0 Å². The minimum absolute atomic E-state index is 0.635. The maximum atomic E-state index is 6.18. The number of nitrogens with zero attached hydrogens (tertiary/aromatic N) is 2. The molecule has 2 N–H and O–H groups in total. The fourth-order valence-electron chi connectivity index (χ4n) is 4.54. The first-order chi connectivity index (χ1) is 18.3. The van der Waals surface area contributed by atoms with Gasteiger partial charge in [-0.2, -0.15) is 0 Å². The molecule has 0 radical (unpaired) electrons. The van der Waals surface area contributed by atoms with Crippen LogP contribution in [0.1, 0.15) is 24.0 Å². The van der Waals surface area contributed by atoms with E-state index < -0.39 is 0 Å². The Morgan fingerprint density at radius 3 is 2.11 bits per heavy atom. The molecule has 4 aromatic rings. The summed E-state index contributed by atoms with van der Waals surface area (Å²) in [6, 6.07) is 24.4. The summed E-state index contributed by atoms with van der Waals surface area (Å²) in [5.74, 6) is 4.44. The number of furan rings is 1. The molecule has 0 bridgehead atoms. The second-order valence-electron chi connectivity index (χ2n) is 9.13. The summed E-state index contributed by atoms with van der Waals surface area (Å²) in [6.45, 7) is 4.75. The number of aliphatic imine (C=N–C) groups is 2. The lowest BCUT2D eigenvalue weighted by atomic mass is 10.1. The summed E-state index contributed by atoms with van der Waals surface area (Å²) >= 11 is 0. The van der Waals surface area contributed by atoms with Crippen molar-refractivity contribution in [3.05, 3.63) is 83.9 Å². The Labute approximate surface area is 216 Å². The lowest BCUT2D eigenvalue weighted by Crippen LogP contribution is -2.19. The summed E-state index contributed by atoms with van der Waals surface area (Å²) < 4.78 is 18.1. The summed E-state index contributed by atoms with van der Waals surface area (Å²) in [5.41, 5.74) is 4.01. The van der Waals surface area contributed by atoms with Gasteiger partial charge in [0.15, 0.2) is 0 Å². The van der Waals surface area contributed by atoms with E-state index in [-0.39, 0.29) is 0 Å². The van der Waals surface area contributed by atoms with Crippen molar-refractivity contribution in [2.24, 2.45) is 9.98 Å². The van der Waals surface area contributed by atoms with Gasteiger partial charge in [-0.15, -0.1) is 0 Å². The van der Waals surface area contributed by atoms with E-state index in [0.717, 1.165) is 95.6 Å². The number of nitrogens with one attached hydrogen (secondary N) is 2. The molecule has 6 rings (SSSR count). The van der Waals surface area contributed by atoms with Crippen molar-refractivity contribution in [3.63, 3.8) is 0 Å². The number of hydrogen-bond donors (Lipinski definition) is 2. The molecule has 0 saturated carbocycles. The van der Waals surface area contributed by atoms with Gasteiger partial charge in [0.05, 0.1) is 26.3 Å². The Bertz CT molecular complexity index is 1440. The number of rotatable bonds is 10. The average molecular weight is 495 g/mol. The quantitative estimate of drug-likeness (QED) is 0.302. The maximum absolute atomic E-state index is 6.18. The third kappa shape index (κ3) is 5.45. The van der Waals surface area contributed by atoms with Crippen molar-refractivity contribution in [1.29, 1.82) is 0 Å². The second-order valence-corrected chi connectivity index (χ2v) is 9.13. The highest BCUT2D eigenvalue weighted by atomic mass is 16.5. The SMILES string of the molecule is c1cc(OCCCCOc2ccc(C3=NCCN3)cc2)cc(-c2cc3ccc(C4=NCCN4)cc3o2)c1. The van der Waals surface area contributed by atoms with Crippen LogP contribution in [0, 0.1) is 0 Å². The zero-order valence-corrected chi connectivity index (χ0v) is 20.7. The number of ether oxygens (including phenoxy) is 2. The summed E-state index contributed by atoms with van der Waals surface area (Å²) in [6.07, 6.45) is 1.83. The zero-order chi connectivity index (χ0) is 24.9. The molecular formula is C30H30N4O3. The monoisotopic (exact) mass is 494 g/mol. The Morgan fingerprint density at radius 1 is 0.676 bits per heavy atom. The Morgan fingerprint density at radius 2 is 1.38 bits per heavy atom. The molecule has 0 fully saturated rings. The van der Waals surface area contributed by atoms with Gasteiger partial charge in [-0.05, 0) is 61.4 Å². The van der Waals surface area contributed by atoms with Crippen LogP contribution in [0.15, 0.2) is 87.2 Å². The van der Waals surface area contributed by atoms with Crippen molar-refractivity contribution < 1.29 is 13.9 Å². The van der Waals surface area contributed by atoms with Gasteiger partial charge in [-0.3, -0.25) is 9.98 Å². The number of fused-ring (bicyclic) bond motifs is 1. The molecule has 1 aromatic heterocycles. The molecule has 0 aliphatic carbocycles. The molecule has 3 aromatic carbocycles. The van der Waals surface area contributed by atoms with Crippen LogP contribution in [-0.4, -0.2) is 51.1 Å². The Kier molecular flexibility index (Phi) is 6.75. The summed E-state index contributed by atoms with van der Waals surface area (Å²) in [5, 5.41) is 7.67. The molecule has 0 atom stereocenters. The first-order valence-corrected chi connectivity index (χ1v) is 12.9. The van der Waals surface area contributed by atoms with Gasteiger partial charge >= 0.3 is 0 Å². The lowest BCUT2D eigenvalue weighted by molar-refractivity contribution is 0.266. The van der Waals surface area contributed by atoms with Crippen LogP contribution in [0.4, 0.5) is 0 Å². The summed E-state index contributed by atoms with van der Waals surface area (Å²) in [7, 11) is 0. The molecule has 0 unspecified atom stereocenters. The van der Waals surface area contributed by atoms with Gasteiger partial charge in [-0.1, -0.05) is 24.3 Å². The largest absolute Gasteiger partial charge is 0.494 e. The maximum Gasteiger partial charge on any atom is 0.135 e. The van der Waals surface area contributed by atoms with Crippen LogP contribution >= 0.6 is 0 Å². The van der Waals surface area contributed by atoms with Gasteiger partial charge in [0, 0.05) is 35.2 Å². The number of hydrogen-bond acceptors (Lipinski definition) is 7. The molecule has 3 heterocycles. The third-order valence-corrected chi connectivity index (χ3v) is 6.46. The second kappa shape index (κ2) is 10.8. The molecule has 2 aliphatic heterocycles. The van der Waals surface area contributed by atoms with Crippen molar-refractivity contribution in [1.82, 2.24) is 10.6 Å². The zero-order valence-electron chi connectivity index (χ0n) is 20.7. The van der Waals surface area contributed by atoms with Gasteiger partial charge in [-0.25, -0.2) is 0 Å². The van der Waals surface area contributed by atoms with E-state index in [4.69, 9.17) is 13.9 Å². The van der Waals surface area contributed by atoms with Crippen molar-refractivity contribution in [3.8, 4) is 22.8 Å². The Hall–Kier alpha value is -4.26. The fourth-order valence-corrected chi connectivity index (χ4v) is 4.54. The Balaban J connectivity index is 0.987. The normalized spacial score (nSPS) is 14.7. The number of unbranched alkanes of at least 4 members (excludes halogenated alkanes) is 1. The van der Waals surface area contributed by atoms with Crippen molar-refractivity contribution >= 4 is 22.6 Å². The van der Waals surface area contributed by atoms with E-state index >= 15 is 0 Å². The van der Waals surface area contributed by atoms with E-state index in [1.165, 1.54) is 0 Å². The van der Waals surface area contributed by atoms with Crippen molar-refractivity contribution in [2.45, 2.75) is 12.8 Å². The lowest BCUT2D eigenvalue weighted by Gasteiger charge is -2.09. The first kappa shape index (κ1) is 23.2. The van der Waals surface area contributed by atoms with E-state index in [0.29, 0.717) is 13.2 Å². The van der Waals surface area contributed by atoms with Gasteiger partial charge in [0.25, 0.3) is 0 Å². The van der Waals surface area contributed by atoms with E-state index in [9.17, 15) is 0 Å². The molecule has 188 valence electrons. The third-order valence-electron chi connectivity index (χ3n) is 6.46. The molecule has 0 saturated heterocycles. The minimum atomic E-state index is 0.635. The van der Waals surface area contributed by atoms with Crippen LogP contribution in [0.25, 0.3) is 22.3 Å². The molecule has 0 spiro atoms. The van der Waals surface area contributed by atoms with E-state index in [1.54, 1.807) is 0 Å². The molecule has 0 amide bonds. The predicted molar refractivity (Wildman–Crippen MR) is 147 cm³/mol. The predicted octanol–water partition coefficient (Wildman–Crippen LogP) is 5.04. The van der Waals surface area contributed by atoms with Crippen molar-refractivity contribution in [2.75, 3.05) is 39.4 Å². The minimum Gasteiger partial charge on any atom is -0.494 e.